The van der Waals surface area contributed by atoms with Gasteiger partial charge in [-0.05, 0) is 41.6 Å². The lowest BCUT2D eigenvalue weighted by Crippen LogP contribution is -2.46. The Morgan fingerprint density at radius 1 is 1.10 bits per heavy atom. The van der Waals surface area contributed by atoms with Crippen LogP contribution in [0.15, 0.2) is 58.4 Å². The van der Waals surface area contributed by atoms with Crippen LogP contribution >= 0.6 is 11.8 Å². The Bertz CT molecular complexity index is 790. The predicted octanol–water partition coefficient (Wildman–Crippen LogP) is 3.16. The van der Waals surface area contributed by atoms with Gasteiger partial charge in [0.05, 0.1) is 26.4 Å². The van der Waals surface area contributed by atoms with Gasteiger partial charge in [-0.1, -0.05) is 24.3 Å². The molecule has 0 spiro atoms. The van der Waals surface area contributed by atoms with Crippen LogP contribution in [0.3, 0.4) is 0 Å². The number of nitrogens with one attached hydrogen (secondary N) is 2. The number of ether oxygens (including phenoxy) is 2. The number of methoxy groups -OCH3 is 1. The molecular weight excluding hydrogens is 396 g/mol. The molecule has 1 saturated heterocycles. The third-order valence-corrected chi connectivity index (χ3v) is 6.04. The van der Waals surface area contributed by atoms with Crippen LogP contribution in [0.5, 0.6) is 5.75 Å². The minimum absolute atomic E-state index is 0.235. The van der Waals surface area contributed by atoms with E-state index in [9.17, 15) is 0 Å². The Balaban J connectivity index is 1.61. The second kappa shape index (κ2) is 11.8. The van der Waals surface area contributed by atoms with Gasteiger partial charge in [0.25, 0.3) is 0 Å². The maximum atomic E-state index is 5.55. The number of benzene rings is 2. The van der Waals surface area contributed by atoms with E-state index in [-0.39, 0.29) is 6.04 Å². The van der Waals surface area contributed by atoms with Crippen molar-refractivity contribution in [2.75, 3.05) is 53.3 Å². The number of hydrogen-bond donors (Lipinski definition) is 2. The summed E-state index contributed by atoms with van der Waals surface area (Å²) in [6.45, 7) is 4.88. The Morgan fingerprint density at radius 3 is 2.40 bits per heavy atom. The SMILES string of the molecule is CN=C(NCc1ccc(SC)cc1)NCC(c1ccc(OC)cc1)N1CCOCC1. The summed E-state index contributed by atoms with van der Waals surface area (Å²) in [4.78, 5) is 8.14. The van der Waals surface area contributed by atoms with Crippen LogP contribution in [-0.2, 0) is 11.3 Å². The first-order chi connectivity index (χ1) is 14.7. The monoisotopic (exact) mass is 428 g/mol. The van der Waals surface area contributed by atoms with Crippen LogP contribution in [0.1, 0.15) is 17.2 Å². The van der Waals surface area contributed by atoms with Crippen molar-refractivity contribution in [3.8, 4) is 5.75 Å². The third-order valence-electron chi connectivity index (χ3n) is 5.29. The molecule has 3 rings (SSSR count). The molecule has 0 saturated carbocycles. The minimum Gasteiger partial charge on any atom is -0.497 e. The quantitative estimate of drug-likeness (QED) is 0.383. The van der Waals surface area contributed by atoms with E-state index in [1.54, 1.807) is 18.9 Å². The van der Waals surface area contributed by atoms with E-state index in [1.807, 2.05) is 19.2 Å². The molecule has 30 heavy (non-hydrogen) atoms. The fourth-order valence-corrected chi connectivity index (χ4v) is 3.92. The normalized spacial score (nSPS) is 16.2. The fourth-order valence-electron chi connectivity index (χ4n) is 3.52. The highest BCUT2D eigenvalue weighted by Gasteiger charge is 2.23. The molecule has 2 aromatic rings. The van der Waals surface area contributed by atoms with E-state index in [4.69, 9.17) is 9.47 Å². The molecule has 2 aromatic carbocycles. The summed E-state index contributed by atoms with van der Waals surface area (Å²) in [5, 5.41) is 6.93. The van der Waals surface area contributed by atoms with E-state index < -0.39 is 0 Å². The molecule has 2 N–H and O–H groups in total. The van der Waals surface area contributed by atoms with Gasteiger partial charge >= 0.3 is 0 Å². The Morgan fingerprint density at radius 2 is 1.80 bits per heavy atom. The average Bonchev–Trinajstić information content (AvgIpc) is 2.82. The molecule has 0 aromatic heterocycles. The van der Waals surface area contributed by atoms with Gasteiger partial charge in [0, 0.05) is 38.1 Å². The molecule has 0 aliphatic carbocycles. The van der Waals surface area contributed by atoms with Gasteiger partial charge < -0.3 is 20.1 Å². The Hall–Kier alpha value is -2.22. The first-order valence-corrected chi connectivity index (χ1v) is 11.5. The molecular formula is C23H32N4O2S. The standard InChI is InChI=1S/C23H32N4O2S/c1-24-23(25-16-18-4-10-21(30-3)11-5-18)26-17-22(27-12-14-29-15-13-27)19-6-8-20(28-2)9-7-19/h4-11,22H,12-17H2,1-3H3,(H2,24,25,26). The van der Waals surface area contributed by atoms with Gasteiger partial charge in [-0.15, -0.1) is 11.8 Å². The second-order valence-electron chi connectivity index (χ2n) is 7.09. The molecule has 6 nitrogen and oxygen atoms in total. The third kappa shape index (κ3) is 6.39. The summed E-state index contributed by atoms with van der Waals surface area (Å²) < 4.78 is 10.9. The lowest BCUT2D eigenvalue weighted by molar-refractivity contribution is 0.0170. The molecule has 0 amide bonds. The predicted molar refractivity (Wildman–Crippen MR) is 125 cm³/mol. The first-order valence-electron chi connectivity index (χ1n) is 10.3. The van der Waals surface area contributed by atoms with Crippen molar-refractivity contribution in [1.29, 1.82) is 0 Å². The van der Waals surface area contributed by atoms with Crippen LogP contribution in [0.4, 0.5) is 0 Å². The van der Waals surface area contributed by atoms with Gasteiger partial charge in [-0.25, -0.2) is 0 Å². The number of aliphatic imine (C=N–C) groups is 1. The van der Waals surface area contributed by atoms with Crippen molar-refractivity contribution in [3.63, 3.8) is 0 Å². The number of morpholine rings is 1. The van der Waals surface area contributed by atoms with Crippen molar-refractivity contribution < 1.29 is 9.47 Å². The first kappa shape index (κ1) is 22.5. The molecule has 7 heteroatoms. The maximum absolute atomic E-state index is 5.55. The summed E-state index contributed by atoms with van der Waals surface area (Å²) in [7, 11) is 3.50. The average molecular weight is 429 g/mol. The van der Waals surface area contributed by atoms with E-state index in [2.05, 4.69) is 63.2 Å². The summed E-state index contributed by atoms with van der Waals surface area (Å²) in [6.07, 6.45) is 2.09. The minimum atomic E-state index is 0.235. The Kier molecular flexibility index (Phi) is 8.86. The number of guanidine groups is 1. The molecule has 1 aliphatic heterocycles. The molecule has 1 heterocycles. The van der Waals surface area contributed by atoms with Crippen LogP contribution < -0.4 is 15.4 Å². The van der Waals surface area contributed by atoms with Crippen LogP contribution in [-0.4, -0.2) is 64.1 Å². The zero-order chi connectivity index (χ0) is 21.2. The van der Waals surface area contributed by atoms with Gasteiger partial charge in [0.15, 0.2) is 5.96 Å². The van der Waals surface area contributed by atoms with Gasteiger partial charge in [-0.2, -0.15) is 0 Å². The number of thioether (sulfide) groups is 1. The number of rotatable bonds is 8. The molecule has 1 fully saturated rings. The van der Waals surface area contributed by atoms with Crippen molar-refractivity contribution >= 4 is 17.7 Å². The Labute approximate surface area is 184 Å². The summed E-state index contributed by atoms with van der Waals surface area (Å²) >= 11 is 1.75. The zero-order valence-corrected chi connectivity index (χ0v) is 18.9. The highest BCUT2D eigenvalue weighted by molar-refractivity contribution is 7.98. The van der Waals surface area contributed by atoms with E-state index in [1.165, 1.54) is 16.0 Å². The van der Waals surface area contributed by atoms with Gasteiger partial charge in [-0.3, -0.25) is 9.89 Å². The molecule has 162 valence electrons. The number of hydrogen-bond acceptors (Lipinski definition) is 5. The van der Waals surface area contributed by atoms with Crippen LogP contribution in [0, 0.1) is 0 Å². The van der Waals surface area contributed by atoms with Crippen molar-refractivity contribution in [2.24, 2.45) is 4.99 Å². The van der Waals surface area contributed by atoms with Crippen LogP contribution in [0.2, 0.25) is 0 Å². The van der Waals surface area contributed by atoms with E-state index >= 15 is 0 Å². The molecule has 1 atom stereocenters. The largest absolute Gasteiger partial charge is 0.497 e. The fraction of sp³-hybridized carbons (Fsp3) is 0.435. The van der Waals surface area contributed by atoms with Crippen molar-refractivity contribution in [3.05, 3.63) is 59.7 Å². The van der Waals surface area contributed by atoms with Crippen LogP contribution in [0.25, 0.3) is 0 Å². The lowest BCUT2D eigenvalue weighted by atomic mass is 10.0. The number of nitrogens with zero attached hydrogens (tertiary/aromatic N) is 2. The van der Waals surface area contributed by atoms with Crippen molar-refractivity contribution in [1.82, 2.24) is 15.5 Å². The second-order valence-corrected chi connectivity index (χ2v) is 7.97. The summed E-state index contributed by atoms with van der Waals surface area (Å²) in [5.41, 5.74) is 2.49. The van der Waals surface area contributed by atoms with Gasteiger partial charge in [0.1, 0.15) is 5.75 Å². The molecule has 0 radical (unpaired) electrons. The van der Waals surface area contributed by atoms with E-state index in [0.717, 1.165) is 51.1 Å². The smallest absolute Gasteiger partial charge is 0.191 e. The topological polar surface area (TPSA) is 58.1 Å². The highest BCUT2D eigenvalue weighted by Crippen LogP contribution is 2.23. The molecule has 1 aliphatic rings. The summed E-state index contributed by atoms with van der Waals surface area (Å²) in [6, 6.07) is 17.2. The van der Waals surface area contributed by atoms with E-state index in [0.29, 0.717) is 0 Å². The highest BCUT2D eigenvalue weighted by atomic mass is 32.2. The molecule has 0 bridgehead atoms. The maximum Gasteiger partial charge on any atom is 0.191 e. The van der Waals surface area contributed by atoms with Crippen molar-refractivity contribution in [2.45, 2.75) is 17.5 Å². The van der Waals surface area contributed by atoms with Gasteiger partial charge in [0.2, 0.25) is 0 Å². The zero-order valence-electron chi connectivity index (χ0n) is 18.1. The lowest BCUT2D eigenvalue weighted by Gasteiger charge is -2.35. The molecule has 1 unspecified atom stereocenters. The summed E-state index contributed by atoms with van der Waals surface area (Å²) in [5.74, 6) is 1.67.